The fourth-order valence-electron chi connectivity index (χ4n) is 3.57. The molecule has 1 aromatic rings. The summed E-state index contributed by atoms with van der Waals surface area (Å²) in [6.07, 6.45) is 19.8. The maximum Gasteiger partial charge on any atom is -0.0144 e. The average molecular weight is 330 g/mol. The van der Waals surface area contributed by atoms with Crippen molar-refractivity contribution in [2.75, 3.05) is 0 Å². The second-order valence-electron chi connectivity index (χ2n) is 7.76. The molecule has 0 amide bonds. The van der Waals surface area contributed by atoms with Crippen molar-refractivity contribution >= 4 is 0 Å². The van der Waals surface area contributed by atoms with Gasteiger partial charge in [0.15, 0.2) is 0 Å². The molecule has 0 spiro atoms. The van der Waals surface area contributed by atoms with Crippen LogP contribution in [-0.4, -0.2) is 0 Å². The van der Waals surface area contributed by atoms with Crippen molar-refractivity contribution in [1.29, 1.82) is 0 Å². The van der Waals surface area contributed by atoms with Gasteiger partial charge in [0.05, 0.1) is 0 Å². The summed E-state index contributed by atoms with van der Waals surface area (Å²) in [5, 5.41) is 0. The fourth-order valence-corrected chi connectivity index (χ4v) is 3.57. The van der Waals surface area contributed by atoms with E-state index in [1.165, 1.54) is 101 Å². The summed E-state index contributed by atoms with van der Waals surface area (Å²) in [5.74, 6) is 0.600. The number of aryl methyl sites for hydroxylation is 1. The first-order valence-electron chi connectivity index (χ1n) is 10.7. The molecular weight excluding hydrogens is 288 g/mol. The molecule has 0 unspecified atom stereocenters. The number of hydrogen-bond donors (Lipinski definition) is 0. The second kappa shape index (κ2) is 14.6. The number of benzene rings is 1. The van der Waals surface area contributed by atoms with Crippen LogP contribution in [0.2, 0.25) is 0 Å². The van der Waals surface area contributed by atoms with Crippen molar-refractivity contribution < 1.29 is 0 Å². The first-order valence-corrected chi connectivity index (χ1v) is 10.7. The minimum absolute atomic E-state index is 0.600. The molecule has 0 bridgehead atoms. The lowest BCUT2D eigenvalue weighted by atomic mass is 9.93. The summed E-state index contributed by atoms with van der Waals surface area (Å²) in [4.78, 5) is 0. The van der Waals surface area contributed by atoms with Gasteiger partial charge in [-0.05, 0) is 36.0 Å². The van der Waals surface area contributed by atoms with Crippen molar-refractivity contribution in [2.24, 2.45) is 0 Å². The summed E-state index contributed by atoms with van der Waals surface area (Å²) in [6, 6.07) is 9.93. The molecule has 1 aromatic carbocycles. The van der Waals surface area contributed by atoms with Gasteiger partial charge in [-0.2, -0.15) is 0 Å². The molecule has 0 aliphatic carbocycles. The minimum Gasteiger partial charge on any atom is -0.0654 e. The predicted molar refractivity (Wildman–Crippen MR) is 109 cm³/mol. The van der Waals surface area contributed by atoms with Crippen LogP contribution in [0.3, 0.4) is 0 Å². The fraction of sp³-hybridized carbons (Fsp3) is 0.750. The van der Waals surface area contributed by atoms with Gasteiger partial charge in [-0.25, -0.2) is 0 Å². The zero-order chi connectivity index (χ0) is 17.5. The van der Waals surface area contributed by atoms with Gasteiger partial charge in [0.1, 0.15) is 0 Å². The monoisotopic (exact) mass is 329 g/mol. The molecule has 0 nitrogen and oxygen atoms in total. The lowest BCUT2D eigenvalue weighted by molar-refractivity contribution is 0.539. The van der Waals surface area contributed by atoms with E-state index < -0.39 is 0 Å². The summed E-state index contributed by atoms with van der Waals surface area (Å²) in [5.41, 5.74) is 2.95. The SMILES string of the molecule is CCCCCCCCCCCCCCCc1ccc[c]c1C(C)C. The molecule has 0 saturated carbocycles. The average Bonchev–Trinajstić information content (AvgIpc) is 2.59. The predicted octanol–water partition coefficient (Wildman–Crippen LogP) is 8.24. The van der Waals surface area contributed by atoms with Crippen molar-refractivity contribution in [3.8, 4) is 0 Å². The second-order valence-corrected chi connectivity index (χ2v) is 7.76. The van der Waals surface area contributed by atoms with E-state index >= 15 is 0 Å². The molecule has 0 aromatic heterocycles. The zero-order valence-electron chi connectivity index (χ0n) is 16.7. The summed E-state index contributed by atoms with van der Waals surface area (Å²) in [6.45, 7) is 6.85. The summed E-state index contributed by atoms with van der Waals surface area (Å²) in [7, 11) is 0. The Hall–Kier alpha value is -0.780. The molecule has 0 heteroatoms. The molecule has 0 saturated heterocycles. The quantitative estimate of drug-likeness (QED) is 0.284. The van der Waals surface area contributed by atoms with Crippen LogP contribution in [0.15, 0.2) is 18.2 Å². The highest BCUT2D eigenvalue weighted by molar-refractivity contribution is 5.28. The van der Waals surface area contributed by atoms with Gasteiger partial charge in [0, 0.05) is 0 Å². The highest BCUT2D eigenvalue weighted by Crippen LogP contribution is 2.21. The van der Waals surface area contributed by atoms with Crippen LogP contribution in [-0.2, 0) is 6.42 Å². The van der Waals surface area contributed by atoms with Crippen molar-refractivity contribution in [1.82, 2.24) is 0 Å². The normalized spacial score (nSPS) is 11.3. The first kappa shape index (κ1) is 21.3. The molecule has 1 rings (SSSR count). The van der Waals surface area contributed by atoms with Crippen molar-refractivity contribution in [2.45, 2.75) is 117 Å². The molecule has 0 aliphatic rings. The molecule has 0 fully saturated rings. The highest BCUT2D eigenvalue weighted by Gasteiger charge is 2.05. The Labute approximate surface area is 152 Å². The van der Waals surface area contributed by atoms with Gasteiger partial charge in [-0.3, -0.25) is 0 Å². The Balaban J connectivity index is 1.92. The third-order valence-corrected chi connectivity index (χ3v) is 5.11. The number of unbranched alkanes of at least 4 members (excludes halogenated alkanes) is 12. The van der Waals surface area contributed by atoms with Gasteiger partial charge < -0.3 is 0 Å². The van der Waals surface area contributed by atoms with Gasteiger partial charge in [-0.15, -0.1) is 0 Å². The van der Waals surface area contributed by atoms with E-state index in [9.17, 15) is 0 Å². The van der Waals surface area contributed by atoms with E-state index in [4.69, 9.17) is 0 Å². The number of rotatable bonds is 15. The molecule has 137 valence electrons. The largest absolute Gasteiger partial charge is 0.0654 e. The molecule has 1 radical (unpaired) electrons. The smallest absolute Gasteiger partial charge is 0.0144 e. The highest BCUT2D eigenvalue weighted by atomic mass is 14.1. The third kappa shape index (κ3) is 10.2. The van der Waals surface area contributed by atoms with Crippen LogP contribution in [0.5, 0.6) is 0 Å². The topological polar surface area (TPSA) is 0 Å². The van der Waals surface area contributed by atoms with E-state index in [-0.39, 0.29) is 0 Å². The van der Waals surface area contributed by atoms with E-state index in [1.807, 2.05) is 0 Å². The minimum atomic E-state index is 0.600. The molecule has 0 N–H and O–H groups in total. The first-order chi connectivity index (χ1) is 11.8. The molecule has 24 heavy (non-hydrogen) atoms. The number of hydrogen-bond acceptors (Lipinski definition) is 0. The molecular formula is C24H41. The Morgan fingerprint density at radius 2 is 1.25 bits per heavy atom. The van der Waals surface area contributed by atoms with E-state index in [0.29, 0.717) is 5.92 Å². The van der Waals surface area contributed by atoms with E-state index in [1.54, 1.807) is 0 Å². The Bertz CT molecular complexity index is 391. The standard InChI is InChI=1S/C24H41/c1-4-5-6-7-8-9-10-11-12-13-14-15-16-19-23-20-17-18-21-24(23)22(2)3/h17-18,20,22H,4-16,19H2,1-3H3. The zero-order valence-corrected chi connectivity index (χ0v) is 16.7. The lowest BCUT2D eigenvalue weighted by Crippen LogP contribution is -1.96. The van der Waals surface area contributed by atoms with E-state index in [0.717, 1.165) is 0 Å². The Morgan fingerprint density at radius 3 is 1.75 bits per heavy atom. The summed E-state index contributed by atoms with van der Waals surface area (Å²) >= 11 is 0. The van der Waals surface area contributed by atoms with E-state index in [2.05, 4.69) is 45.0 Å². The van der Waals surface area contributed by atoms with Gasteiger partial charge in [-0.1, -0.05) is 116 Å². The third-order valence-electron chi connectivity index (χ3n) is 5.11. The Morgan fingerprint density at radius 1 is 0.750 bits per heavy atom. The van der Waals surface area contributed by atoms with Crippen LogP contribution in [0.25, 0.3) is 0 Å². The Kier molecular flexibility index (Phi) is 12.9. The van der Waals surface area contributed by atoms with Crippen LogP contribution in [0.4, 0.5) is 0 Å². The molecule has 0 aliphatic heterocycles. The van der Waals surface area contributed by atoms with Crippen LogP contribution < -0.4 is 0 Å². The van der Waals surface area contributed by atoms with Crippen molar-refractivity contribution in [3.05, 3.63) is 35.4 Å². The van der Waals surface area contributed by atoms with Crippen LogP contribution in [0, 0.1) is 6.07 Å². The van der Waals surface area contributed by atoms with Gasteiger partial charge in [0.25, 0.3) is 0 Å². The molecule has 0 atom stereocenters. The lowest BCUT2D eigenvalue weighted by Gasteiger charge is -2.11. The van der Waals surface area contributed by atoms with Gasteiger partial charge in [0.2, 0.25) is 0 Å². The maximum absolute atomic E-state index is 3.43. The maximum atomic E-state index is 3.43. The summed E-state index contributed by atoms with van der Waals surface area (Å²) < 4.78 is 0. The molecule has 0 heterocycles. The van der Waals surface area contributed by atoms with Crippen LogP contribution >= 0.6 is 0 Å². The van der Waals surface area contributed by atoms with Crippen molar-refractivity contribution in [3.63, 3.8) is 0 Å². The van der Waals surface area contributed by atoms with Gasteiger partial charge >= 0.3 is 0 Å². The van der Waals surface area contributed by atoms with Crippen LogP contribution in [0.1, 0.15) is 121 Å².